The molecule has 0 fully saturated rings. The summed E-state index contributed by atoms with van der Waals surface area (Å²) >= 11 is 0. The van der Waals surface area contributed by atoms with Gasteiger partial charge in [-0.1, -0.05) is 18.2 Å². The molecular formula is C16H15N3O3. The molecule has 2 aromatic carbocycles. The zero-order valence-electron chi connectivity index (χ0n) is 12.2. The second-order valence-corrected chi connectivity index (χ2v) is 4.76. The van der Waals surface area contributed by atoms with E-state index in [0.29, 0.717) is 16.8 Å². The maximum atomic E-state index is 12.0. The van der Waals surface area contributed by atoms with Gasteiger partial charge in [-0.25, -0.2) is 5.43 Å². The van der Waals surface area contributed by atoms with Gasteiger partial charge >= 0.3 is 0 Å². The fourth-order valence-electron chi connectivity index (χ4n) is 1.91. The van der Waals surface area contributed by atoms with Crippen molar-refractivity contribution in [3.63, 3.8) is 0 Å². The van der Waals surface area contributed by atoms with E-state index in [4.69, 9.17) is 0 Å². The molecule has 0 spiro atoms. The van der Waals surface area contributed by atoms with Crippen LogP contribution >= 0.6 is 0 Å². The summed E-state index contributed by atoms with van der Waals surface area (Å²) < 4.78 is 0. The van der Waals surface area contributed by atoms with E-state index >= 15 is 0 Å². The molecule has 0 atom stereocenters. The van der Waals surface area contributed by atoms with Crippen molar-refractivity contribution >= 4 is 17.3 Å². The second-order valence-electron chi connectivity index (χ2n) is 4.76. The topological polar surface area (TPSA) is 84.6 Å². The van der Waals surface area contributed by atoms with Crippen molar-refractivity contribution in [2.45, 2.75) is 13.8 Å². The van der Waals surface area contributed by atoms with E-state index in [1.165, 1.54) is 12.1 Å². The van der Waals surface area contributed by atoms with Crippen molar-refractivity contribution in [1.29, 1.82) is 0 Å². The normalized spacial score (nSPS) is 11.1. The number of amides is 1. The van der Waals surface area contributed by atoms with Crippen LogP contribution in [0.15, 0.2) is 53.6 Å². The lowest BCUT2D eigenvalue weighted by Gasteiger charge is -2.05. The maximum absolute atomic E-state index is 12.0. The van der Waals surface area contributed by atoms with Gasteiger partial charge in [-0.2, -0.15) is 5.10 Å². The van der Waals surface area contributed by atoms with E-state index < -0.39 is 4.92 Å². The second kappa shape index (κ2) is 6.62. The molecule has 0 unspecified atom stereocenters. The average molecular weight is 297 g/mol. The fourth-order valence-corrected chi connectivity index (χ4v) is 1.91. The van der Waals surface area contributed by atoms with E-state index in [1.807, 2.05) is 19.1 Å². The van der Waals surface area contributed by atoms with Crippen LogP contribution in [-0.2, 0) is 0 Å². The third-order valence-corrected chi connectivity index (χ3v) is 3.21. The minimum absolute atomic E-state index is 0.0143. The van der Waals surface area contributed by atoms with Crippen LogP contribution in [-0.4, -0.2) is 16.5 Å². The number of hydrogen-bond acceptors (Lipinski definition) is 4. The summed E-state index contributed by atoms with van der Waals surface area (Å²) in [4.78, 5) is 22.2. The Bertz CT molecular complexity index is 737. The third-order valence-electron chi connectivity index (χ3n) is 3.21. The highest BCUT2D eigenvalue weighted by molar-refractivity contribution is 6.01. The summed E-state index contributed by atoms with van der Waals surface area (Å²) in [5.41, 5.74) is 5.20. The highest BCUT2D eigenvalue weighted by atomic mass is 16.6. The van der Waals surface area contributed by atoms with E-state index in [-0.39, 0.29) is 11.6 Å². The number of hydrazone groups is 1. The van der Waals surface area contributed by atoms with Crippen molar-refractivity contribution < 1.29 is 9.72 Å². The highest BCUT2D eigenvalue weighted by Gasteiger charge is 2.08. The number of benzene rings is 2. The minimum Gasteiger partial charge on any atom is -0.267 e. The molecule has 0 aliphatic heterocycles. The van der Waals surface area contributed by atoms with Gasteiger partial charge in [0, 0.05) is 17.7 Å². The number of carbonyl (C=O) groups excluding carboxylic acids is 1. The Hall–Kier alpha value is -3.02. The molecule has 0 bridgehead atoms. The van der Waals surface area contributed by atoms with Gasteiger partial charge in [0.05, 0.1) is 10.6 Å². The first-order valence-corrected chi connectivity index (χ1v) is 6.64. The summed E-state index contributed by atoms with van der Waals surface area (Å²) in [6.45, 7) is 3.57. The Balaban J connectivity index is 2.11. The summed E-state index contributed by atoms with van der Waals surface area (Å²) in [5, 5.41) is 14.6. The lowest BCUT2D eigenvalue weighted by Crippen LogP contribution is -2.20. The molecule has 0 saturated carbocycles. The maximum Gasteiger partial charge on any atom is 0.271 e. The molecule has 0 aliphatic rings. The first-order valence-electron chi connectivity index (χ1n) is 6.64. The average Bonchev–Trinajstić information content (AvgIpc) is 2.52. The third kappa shape index (κ3) is 3.54. The molecule has 0 saturated heterocycles. The van der Waals surface area contributed by atoms with Crippen LogP contribution in [0.5, 0.6) is 0 Å². The molecule has 0 heterocycles. The largest absolute Gasteiger partial charge is 0.271 e. The van der Waals surface area contributed by atoms with Gasteiger partial charge in [0.1, 0.15) is 0 Å². The number of nitro groups is 1. The van der Waals surface area contributed by atoms with Crippen LogP contribution in [0.4, 0.5) is 5.69 Å². The molecule has 22 heavy (non-hydrogen) atoms. The minimum atomic E-state index is -0.462. The van der Waals surface area contributed by atoms with Gasteiger partial charge in [-0.15, -0.1) is 0 Å². The lowest BCUT2D eigenvalue weighted by atomic mass is 10.1. The molecule has 2 rings (SSSR count). The molecule has 1 N–H and O–H groups in total. The Morgan fingerprint density at radius 3 is 2.36 bits per heavy atom. The summed E-state index contributed by atoms with van der Waals surface area (Å²) in [6, 6.07) is 13.2. The van der Waals surface area contributed by atoms with Crippen LogP contribution in [0.2, 0.25) is 0 Å². The number of rotatable bonds is 4. The Morgan fingerprint density at radius 2 is 1.77 bits per heavy atom. The van der Waals surface area contributed by atoms with Crippen LogP contribution in [0.3, 0.4) is 0 Å². The number of carbonyl (C=O) groups is 1. The zero-order valence-corrected chi connectivity index (χ0v) is 12.2. The van der Waals surface area contributed by atoms with Gasteiger partial charge in [0.2, 0.25) is 0 Å². The fraction of sp³-hybridized carbons (Fsp3) is 0.125. The van der Waals surface area contributed by atoms with Gasteiger partial charge in [-0.05, 0) is 43.2 Å². The monoisotopic (exact) mass is 297 g/mol. The van der Waals surface area contributed by atoms with E-state index in [9.17, 15) is 14.9 Å². The molecular weight excluding hydrogens is 282 g/mol. The predicted octanol–water partition coefficient (Wildman–Crippen LogP) is 3.06. The smallest absolute Gasteiger partial charge is 0.267 e. The van der Waals surface area contributed by atoms with Crippen molar-refractivity contribution in [2.24, 2.45) is 5.10 Å². The van der Waals surface area contributed by atoms with Crippen LogP contribution in [0, 0.1) is 17.0 Å². The van der Waals surface area contributed by atoms with Crippen LogP contribution in [0.25, 0.3) is 0 Å². The van der Waals surface area contributed by atoms with Crippen molar-refractivity contribution in [2.75, 3.05) is 0 Å². The van der Waals surface area contributed by atoms with Crippen LogP contribution in [0.1, 0.15) is 28.4 Å². The van der Waals surface area contributed by atoms with Gasteiger partial charge in [0.25, 0.3) is 11.6 Å². The van der Waals surface area contributed by atoms with Gasteiger partial charge in [-0.3, -0.25) is 14.9 Å². The number of nitrogens with one attached hydrogen (secondary N) is 1. The summed E-state index contributed by atoms with van der Waals surface area (Å²) in [5.74, 6) is -0.292. The zero-order chi connectivity index (χ0) is 16.1. The summed E-state index contributed by atoms with van der Waals surface area (Å²) in [6.07, 6.45) is 0. The Labute approximate surface area is 127 Å². The Kier molecular flexibility index (Phi) is 4.63. The van der Waals surface area contributed by atoms with E-state index in [1.54, 1.807) is 31.2 Å². The van der Waals surface area contributed by atoms with Crippen molar-refractivity contribution in [3.05, 3.63) is 75.3 Å². The number of hydrogen-bond donors (Lipinski definition) is 1. The number of aryl methyl sites for hydroxylation is 1. The molecule has 6 nitrogen and oxygen atoms in total. The van der Waals surface area contributed by atoms with E-state index in [2.05, 4.69) is 10.5 Å². The highest BCUT2D eigenvalue weighted by Crippen LogP contribution is 2.12. The van der Waals surface area contributed by atoms with Crippen molar-refractivity contribution in [3.8, 4) is 0 Å². The Morgan fingerprint density at radius 1 is 1.14 bits per heavy atom. The first kappa shape index (κ1) is 15.4. The standard InChI is InChI=1S/C16H15N3O3/c1-11-5-3-4-6-15(11)16(20)18-17-12(2)13-7-9-14(10-8-13)19(21)22/h3-10H,1-2H3,(H,18,20)/b17-12-. The molecule has 6 heteroatoms. The number of non-ortho nitro benzene ring substituents is 1. The molecule has 2 aromatic rings. The molecule has 112 valence electrons. The molecule has 1 amide bonds. The molecule has 0 aliphatic carbocycles. The van der Waals surface area contributed by atoms with Gasteiger partial charge < -0.3 is 0 Å². The predicted molar refractivity (Wildman–Crippen MR) is 84.0 cm³/mol. The van der Waals surface area contributed by atoms with Crippen LogP contribution < -0.4 is 5.43 Å². The number of nitro benzene ring substituents is 1. The summed E-state index contributed by atoms with van der Waals surface area (Å²) in [7, 11) is 0. The first-order chi connectivity index (χ1) is 10.5. The quantitative estimate of drug-likeness (QED) is 0.534. The number of nitrogens with zero attached hydrogens (tertiary/aromatic N) is 2. The molecule has 0 radical (unpaired) electrons. The SMILES string of the molecule is C/C(=N/NC(=O)c1ccccc1C)c1ccc([N+](=O)[O-])cc1. The molecule has 0 aromatic heterocycles. The lowest BCUT2D eigenvalue weighted by molar-refractivity contribution is -0.384. The van der Waals surface area contributed by atoms with E-state index in [0.717, 1.165) is 5.56 Å². The van der Waals surface area contributed by atoms with Gasteiger partial charge in [0.15, 0.2) is 0 Å². The van der Waals surface area contributed by atoms with Crippen molar-refractivity contribution in [1.82, 2.24) is 5.43 Å².